The van der Waals surface area contributed by atoms with E-state index in [1.165, 1.54) is 22.3 Å². The molecule has 88 valence electrons. The molecule has 0 aliphatic rings. The molecule has 1 N–H and O–H groups in total. The molecule has 2 heteroatoms. The Labute approximate surface area is 111 Å². The summed E-state index contributed by atoms with van der Waals surface area (Å²) in [7, 11) is 1.98. The van der Waals surface area contributed by atoms with Gasteiger partial charge in [-0.2, -0.15) is 0 Å². The van der Waals surface area contributed by atoms with Crippen LogP contribution in [0.5, 0.6) is 0 Å². The molecule has 17 heavy (non-hydrogen) atoms. The maximum absolute atomic E-state index is 3.47. The number of aryl methyl sites for hydroxylation is 1. The molecule has 2 rings (SSSR count). The summed E-state index contributed by atoms with van der Waals surface area (Å²) < 4.78 is 1.11. The second-order valence-corrected chi connectivity index (χ2v) is 5.11. The van der Waals surface area contributed by atoms with Crippen LogP contribution >= 0.6 is 15.9 Å². The highest BCUT2D eigenvalue weighted by Crippen LogP contribution is 2.26. The molecule has 0 fully saturated rings. The van der Waals surface area contributed by atoms with Crippen LogP contribution in [-0.4, -0.2) is 7.05 Å². The van der Waals surface area contributed by atoms with Gasteiger partial charge in [0.05, 0.1) is 0 Å². The van der Waals surface area contributed by atoms with Crippen molar-refractivity contribution in [3.05, 3.63) is 58.1 Å². The Balaban J connectivity index is 2.48. The summed E-state index contributed by atoms with van der Waals surface area (Å²) >= 11 is 3.47. The van der Waals surface area contributed by atoms with Crippen LogP contribution in [0.2, 0.25) is 0 Å². The molecule has 1 nitrogen and oxygen atoms in total. The molecule has 0 aromatic heterocycles. The Morgan fingerprint density at radius 1 is 1.06 bits per heavy atom. The van der Waals surface area contributed by atoms with Crippen LogP contribution in [0.25, 0.3) is 11.1 Å². The fraction of sp³-hybridized carbons (Fsp3) is 0.200. The Hall–Kier alpha value is -1.12. The molecule has 0 radical (unpaired) electrons. The highest BCUT2D eigenvalue weighted by atomic mass is 79.9. The van der Waals surface area contributed by atoms with Gasteiger partial charge in [-0.25, -0.2) is 0 Å². The van der Waals surface area contributed by atoms with E-state index in [9.17, 15) is 0 Å². The molecular formula is C15H16BrN. The molecular weight excluding hydrogens is 274 g/mol. The van der Waals surface area contributed by atoms with Gasteiger partial charge in [0, 0.05) is 11.0 Å². The molecule has 0 aliphatic carbocycles. The average Bonchev–Trinajstić information content (AvgIpc) is 2.33. The van der Waals surface area contributed by atoms with Crippen molar-refractivity contribution in [2.45, 2.75) is 13.5 Å². The van der Waals surface area contributed by atoms with Crippen LogP contribution in [0.3, 0.4) is 0 Å². The molecule has 0 unspecified atom stereocenters. The zero-order valence-electron chi connectivity index (χ0n) is 10.1. The summed E-state index contributed by atoms with van der Waals surface area (Å²) in [6, 6.07) is 15.1. The van der Waals surface area contributed by atoms with E-state index in [4.69, 9.17) is 0 Å². The maximum atomic E-state index is 3.47. The second-order valence-electron chi connectivity index (χ2n) is 4.20. The van der Waals surface area contributed by atoms with Crippen molar-refractivity contribution in [1.29, 1.82) is 0 Å². The van der Waals surface area contributed by atoms with E-state index < -0.39 is 0 Å². The van der Waals surface area contributed by atoms with E-state index in [-0.39, 0.29) is 0 Å². The Bertz CT molecular complexity index is 503. The number of benzene rings is 2. The van der Waals surface area contributed by atoms with Gasteiger partial charge < -0.3 is 5.32 Å². The van der Waals surface area contributed by atoms with Gasteiger partial charge in [0.15, 0.2) is 0 Å². The maximum Gasteiger partial charge on any atom is 0.0208 e. The first-order valence-corrected chi connectivity index (χ1v) is 6.50. The quantitative estimate of drug-likeness (QED) is 0.895. The number of nitrogens with one attached hydrogen (secondary N) is 1. The van der Waals surface area contributed by atoms with Crippen molar-refractivity contribution in [3.8, 4) is 11.1 Å². The molecule has 2 aromatic rings. The summed E-state index contributed by atoms with van der Waals surface area (Å²) in [5.41, 5.74) is 5.21. The molecule has 0 heterocycles. The zero-order chi connectivity index (χ0) is 12.3. The van der Waals surface area contributed by atoms with Crippen molar-refractivity contribution in [2.24, 2.45) is 0 Å². The predicted molar refractivity (Wildman–Crippen MR) is 77.1 cm³/mol. The van der Waals surface area contributed by atoms with Gasteiger partial charge in [-0.1, -0.05) is 51.8 Å². The topological polar surface area (TPSA) is 12.0 Å². The second kappa shape index (κ2) is 5.48. The molecule has 2 aromatic carbocycles. The standard InChI is InChI=1S/C15H16BrN/c1-11-3-4-13(10-17-2)15(9-11)12-5-7-14(16)8-6-12/h3-9,17H,10H2,1-2H3. The molecule has 0 bridgehead atoms. The fourth-order valence-corrected chi connectivity index (χ4v) is 2.20. The van der Waals surface area contributed by atoms with Gasteiger partial charge in [0.2, 0.25) is 0 Å². The third-order valence-electron chi connectivity index (χ3n) is 2.79. The monoisotopic (exact) mass is 289 g/mol. The predicted octanol–water partition coefficient (Wildman–Crippen LogP) is 4.14. The van der Waals surface area contributed by atoms with Gasteiger partial charge in [0.25, 0.3) is 0 Å². The van der Waals surface area contributed by atoms with Gasteiger partial charge >= 0.3 is 0 Å². The molecule has 0 atom stereocenters. The highest BCUT2D eigenvalue weighted by molar-refractivity contribution is 9.10. The van der Waals surface area contributed by atoms with Crippen LogP contribution in [0.4, 0.5) is 0 Å². The fourth-order valence-electron chi connectivity index (χ4n) is 1.93. The van der Waals surface area contributed by atoms with Crippen molar-refractivity contribution >= 4 is 15.9 Å². The lowest BCUT2D eigenvalue weighted by molar-refractivity contribution is 0.819. The summed E-state index contributed by atoms with van der Waals surface area (Å²) in [4.78, 5) is 0. The molecule has 0 aliphatic heterocycles. The lowest BCUT2D eigenvalue weighted by Crippen LogP contribution is -2.06. The molecule has 0 amide bonds. The minimum absolute atomic E-state index is 0.895. The van der Waals surface area contributed by atoms with E-state index in [0.29, 0.717) is 0 Å². The van der Waals surface area contributed by atoms with E-state index in [0.717, 1.165) is 11.0 Å². The molecule has 0 saturated carbocycles. The summed E-state index contributed by atoms with van der Waals surface area (Å²) in [5, 5.41) is 3.22. The zero-order valence-corrected chi connectivity index (χ0v) is 11.7. The first kappa shape index (κ1) is 12.3. The van der Waals surface area contributed by atoms with E-state index in [1.807, 2.05) is 7.05 Å². The number of hydrogen-bond acceptors (Lipinski definition) is 1. The van der Waals surface area contributed by atoms with Crippen LogP contribution < -0.4 is 5.32 Å². The third-order valence-corrected chi connectivity index (χ3v) is 3.32. The first-order valence-electron chi connectivity index (χ1n) is 5.71. The SMILES string of the molecule is CNCc1ccc(C)cc1-c1ccc(Br)cc1. The number of rotatable bonds is 3. The normalized spacial score (nSPS) is 10.5. The van der Waals surface area contributed by atoms with E-state index in [1.54, 1.807) is 0 Å². The highest BCUT2D eigenvalue weighted by Gasteiger charge is 2.04. The summed E-state index contributed by atoms with van der Waals surface area (Å²) in [6.45, 7) is 3.02. The van der Waals surface area contributed by atoms with E-state index >= 15 is 0 Å². The first-order chi connectivity index (χ1) is 8.20. The minimum Gasteiger partial charge on any atom is -0.316 e. The smallest absolute Gasteiger partial charge is 0.0208 e. The summed E-state index contributed by atoms with van der Waals surface area (Å²) in [5.74, 6) is 0. The third kappa shape index (κ3) is 2.96. The number of halogens is 1. The largest absolute Gasteiger partial charge is 0.316 e. The van der Waals surface area contributed by atoms with Crippen LogP contribution in [0.15, 0.2) is 46.9 Å². The van der Waals surface area contributed by atoms with Gasteiger partial charge in [-0.3, -0.25) is 0 Å². The van der Waals surface area contributed by atoms with Crippen LogP contribution in [-0.2, 0) is 6.54 Å². The summed E-state index contributed by atoms with van der Waals surface area (Å²) in [6.07, 6.45) is 0. The van der Waals surface area contributed by atoms with E-state index in [2.05, 4.69) is 70.6 Å². The van der Waals surface area contributed by atoms with Gasteiger partial charge in [0.1, 0.15) is 0 Å². The molecule has 0 spiro atoms. The van der Waals surface area contributed by atoms with Crippen LogP contribution in [0.1, 0.15) is 11.1 Å². The van der Waals surface area contributed by atoms with Crippen LogP contribution in [0, 0.1) is 6.92 Å². The minimum atomic E-state index is 0.895. The van der Waals surface area contributed by atoms with Crippen molar-refractivity contribution in [2.75, 3.05) is 7.05 Å². The average molecular weight is 290 g/mol. The lowest BCUT2D eigenvalue weighted by Gasteiger charge is -2.11. The van der Waals surface area contributed by atoms with Gasteiger partial charge in [-0.15, -0.1) is 0 Å². The Morgan fingerprint density at radius 2 is 1.76 bits per heavy atom. The lowest BCUT2D eigenvalue weighted by atomic mass is 9.97. The van der Waals surface area contributed by atoms with Crippen molar-refractivity contribution < 1.29 is 0 Å². The van der Waals surface area contributed by atoms with Crippen molar-refractivity contribution in [1.82, 2.24) is 5.32 Å². The van der Waals surface area contributed by atoms with Gasteiger partial charge in [-0.05, 0) is 42.8 Å². The van der Waals surface area contributed by atoms with Crippen molar-refractivity contribution in [3.63, 3.8) is 0 Å². The molecule has 0 saturated heterocycles. The number of hydrogen-bond donors (Lipinski definition) is 1. The Kier molecular flexibility index (Phi) is 3.97. The Morgan fingerprint density at radius 3 is 2.41 bits per heavy atom.